The third kappa shape index (κ3) is 1.37. The number of ether oxygens (including phenoxy) is 1. The highest BCUT2D eigenvalue weighted by Gasteiger charge is 2.13. The molecule has 0 aromatic heterocycles. The van der Waals surface area contributed by atoms with Crippen molar-refractivity contribution in [3.05, 3.63) is 28.2 Å². The minimum Gasteiger partial charge on any atom is -0.443 e. The quantitative estimate of drug-likeness (QED) is 0.724. The topological polar surface area (TPSA) is 33.1 Å². The summed E-state index contributed by atoms with van der Waals surface area (Å²) in [5.74, 6) is 1.19. The van der Waals surface area contributed by atoms with Gasteiger partial charge in [0.2, 0.25) is 0 Å². The molecule has 2 rings (SSSR count). The van der Waals surface area contributed by atoms with E-state index in [0.717, 1.165) is 16.6 Å². The molecular formula is C9H8BrNO. The molecule has 1 aliphatic heterocycles. The SMILES string of the molecule is N=C1CCc2cc(Br)ccc2O1. The van der Waals surface area contributed by atoms with Gasteiger partial charge in [0.1, 0.15) is 5.75 Å². The summed E-state index contributed by atoms with van der Waals surface area (Å²) in [5.41, 5.74) is 1.18. The molecule has 0 saturated heterocycles. The molecule has 1 heterocycles. The molecule has 12 heavy (non-hydrogen) atoms. The van der Waals surface area contributed by atoms with Gasteiger partial charge in [0.15, 0.2) is 5.90 Å². The van der Waals surface area contributed by atoms with E-state index in [4.69, 9.17) is 10.1 Å². The van der Waals surface area contributed by atoms with Crippen LogP contribution in [0.5, 0.6) is 5.75 Å². The van der Waals surface area contributed by atoms with Crippen LogP contribution in [0.2, 0.25) is 0 Å². The molecule has 0 radical (unpaired) electrons. The summed E-state index contributed by atoms with van der Waals surface area (Å²) < 4.78 is 6.32. The van der Waals surface area contributed by atoms with E-state index >= 15 is 0 Å². The van der Waals surface area contributed by atoms with Crippen molar-refractivity contribution in [1.82, 2.24) is 0 Å². The molecule has 0 aliphatic carbocycles. The Bertz CT molecular complexity index is 335. The summed E-state index contributed by atoms with van der Waals surface area (Å²) in [7, 11) is 0. The zero-order valence-corrected chi connectivity index (χ0v) is 8.02. The van der Waals surface area contributed by atoms with Gasteiger partial charge in [0.25, 0.3) is 0 Å². The summed E-state index contributed by atoms with van der Waals surface area (Å²) in [6.07, 6.45) is 1.62. The van der Waals surface area contributed by atoms with Crippen LogP contribution in [-0.4, -0.2) is 5.90 Å². The molecule has 1 aliphatic rings. The summed E-state index contributed by atoms with van der Waals surface area (Å²) in [5, 5.41) is 7.34. The molecule has 0 spiro atoms. The normalized spacial score (nSPS) is 15.2. The second-order valence-electron chi connectivity index (χ2n) is 2.78. The van der Waals surface area contributed by atoms with E-state index in [-0.39, 0.29) is 0 Å². The molecule has 0 fully saturated rings. The van der Waals surface area contributed by atoms with Crippen molar-refractivity contribution < 1.29 is 4.74 Å². The standard InChI is InChI=1S/C9H8BrNO/c10-7-2-3-8-6(5-7)1-4-9(11)12-8/h2-3,5,11H,1,4H2. The molecule has 2 nitrogen and oxygen atoms in total. The second kappa shape index (κ2) is 2.90. The minimum atomic E-state index is 0.366. The maximum Gasteiger partial charge on any atom is 0.187 e. The fourth-order valence-electron chi connectivity index (χ4n) is 1.27. The zero-order valence-electron chi connectivity index (χ0n) is 6.43. The van der Waals surface area contributed by atoms with Gasteiger partial charge in [0.05, 0.1) is 0 Å². The number of rotatable bonds is 0. The van der Waals surface area contributed by atoms with Crippen LogP contribution >= 0.6 is 15.9 Å². The van der Waals surface area contributed by atoms with Crippen LogP contribution < -0.4 is 4.74 Å². The lowest BCUT2D eigenvalue weighted by Gasteiger charge is -2.16. The van der Waals surface area contributed by atoms with Crippen molar-refractivity contribution in [3.8, 4) is 5.75 Å². The van der Waals surface area contributed by atoms with Crippen molar-refractivity contribution >= 4 is 21.8 Å². The van der Waals surface area contributed by atoms with Gasteiger partial charge in [-0.25, -0.2) is 0 Å². The number of benzene rings is 1. The van der Waals surface area contributed by atoms with Gasteiger partial charge in [-0.3, -0.25) is 5.41 Å². The summed E-state index contributed by atoms with van der Waals surface area (Å²) >= 11 is 3.40. The van der Waals surface area contributed by atoms with E-state index in [9.17, 15) is 0 Å². The van der Waals surface area contributed by atoms with Gasteiger partial charge >= 0.3 is 0 Å². The largest absolute Gasteiger partial charge is 0.443 e. The lowest BCUT2D eigenvalue weighted by molar-refractivity contribution is 0.498. The maximum atomic E-state index is 7.34. The van der Waals surface area contributed by atoms with E-state index in [1.165, 1.54) is 5.56 Å². The van der Waals surface area contributed by atoms with Crippen molar-refractivity contribution in [2.24, 2.45) is 0 Å². The molecular weight excluding hydrogens is 218 g/mol. The van der Waals surface area contributed by atoms with Crippen LogP contribution in [0.15, 0.2) is 22.7 Å². The first-order valence-electron chi connectivity index (χ1n) is 3.79. The fraction of sp³-hybridized carbons (Fsp3) is 0.222. The smallest absolute Gasteiger partial charge is 0.187 e. The van der Waals surface area contributed by atoms with E-state index in [2.05, 4.69) is 15.9 Å². The molecule has 3 heteroatoms. The van der Waals surface area contributed by atoms with Crippen LogP contribution in [0.3, 0.4) is 0 Å². The van der Waals surface area contributed by atoms with Gasteiger partial charge < -0.3 is 4.74 Å². The Hall–Kier alpha value is -0.830. The summed E-state index contributed by atoms with van der Waals surface area (Å²) in [4.78, 5) is 0. The van der Waals surface area contributed by atoms with Crippen LogP contribution in [-0.2, 0) is 6.42 Å². The van der Waals surface area contributed by atoms with Gasteiger partial charge in [-0.1, -0.05) is 15.9 Å². The van der Waals surface area contributed by atoms with E-state index in [1.807, 2.05) is 18.2 Å². The number of nitrogens with one attached hydrogen (secondary N) is 1. The maximum absolute atomic E-state index is 7.34. The fourth-order valence-corrected chi connectivity index (χ4v) is 1.68. The first-order valence-corrected chi connectivity index (χ1v) is 4.59. The molecule has 0 saturated carbocycles. The predicted molar refractivity (Wildman–Crippen MR) is 50.8 cm³/mol. The van der Waals surface area contributed by atoms with Gasteiger partial charge in [-0.15, -0.1) is 0 Å². The number of hydrogen-bond donors (Lipinski definition) is 1. The minimum absolute atomic E-state index is 0.366. The van der Waals surface area contributed by atoms with Crippen LogP contribution in [0.4, 0.5) is 0 Å². The van der Waals surface area contributed by atoms with Crippen LogP contribution in [0, 0.1) is 5.41 Å². The van der Waals surface area contributed by atoms with Gasteiger partial charge in [-0.2, -0.15) is 0 Å². The summed E-state index contributed by atoms with van der Waals surface area (Å²) in [6.45, 7) is 0. The van der Waals surface area contributed by atoms with Crippen LogP contribution in [0.1, 0.15) is 12.0 Å². The Labute approximate surface area is 79.2 Å². The Morgan fingerprint density at radius 1 is 1.33 bits per heavy atom. The Kier molecular flexibility index (Phi) is 1.89. The highest BCUT2D eigenvalue weighted by molar-refractivity contribution is 9.10. The van der Waals surface area contributed by atoms with E-state index in [1.54, 1.807) is 0 Å². The summed E-state index contributed by atoms with van der Waals surface area (Å²) in [6, 6.07) is 5.87. The molecule has 0 amide bonds. The second-order valence-corrected chi connectivity index (χ2v) is 3.69. The molecule has 1 aromatic carbocycles. The number of fused-ring (bicyclic) bond motifs is 1. The first-order chi connectivity index (χ1) is 5.75. The predicted octanol–water partition coefficient (Wildman–Crippen LogP) is 2.75. The third-order valence-electron chi connectivity index (χ3n) is 1.88. The first kappa shape index (κ1) is 7.80. The molecule has 0 bridgehead atoms. The Morgan fingerprint density at radius 3 is 3.00 bits per heavy atom. The zero-order chi connectivity index (χ0) is 8.55. The number of hydrogen-bond acceptors (Lipinski definition) is 2. The highest BCUT2D eigenvalue weighted by Crippen LogP contribution is 2.27. The van der Waals surface area contributed by atoms with Crippen molar-refractivity contribution in [1.29, 1.82) is 5.41 Å². The van der Waals surface area contributed by atoms with Crippen molar-refractivity contribution in [2.45, 2.75) is 12.8 Å². The number of aryl methyl sites for hydroxylation is 1. The van der Waals surface area contributed by atoms with Gasteiger partial charge in [0, 0.05) is 10.9 Å². The monoisotopic (exact) mass is 225 g/mol. The molecule has 1 N–H and O–H groups in total. The van der Waals surface area contributed by atoms with E-state index in [0.29, 0.717) is 12.3 Å². The van der Waals surface area contributed by atoms with Crippen molar-refractivity contribution in [3.63, 3.8) is 0 Å². The average molecular weight is 226 g/mol. The molecule has 1 aromatic rings. The lowest BCUT2D eigenvalue weighted by atomic mass is 10.1. The van der Waals surface area contributed by atoms with Crippen molar-refractivity contribution in [2.75, 3.05) is 0 Å². The Balaban J connectivity index is 2.43. The average Bonchev–Trinajstić information content (AvgIpc) is 2.05. The Morgan fingerprint density at radius 2 is 2.17 bits per heavy atom. The lowest BCUT2D eigenvalue weighted by Crippen LogP contribution is -2.14. The molecule has 0 unspecified atom stereocenters. The molecule has 62 valence electrons. The third-order valence-corrected chi connectivity index (χ3v) is 2.37. The van der Waals surface area contributed by atoms with Gasteiger partial charge in [-0.05, 0) is 30.2 Å². The van der Waals surface area contributed by atoms with Crippen LogP contribution in [0.25, 0.3) is 0 Å². The highest BCUT2D eigenvalue weighted by atomic mass is 79.9. The molecule has 0 atom stereocenters. The van der Waals surface area contributed by atoms with E-state index < -0.39 is 0 Å². The number of halogens is 1.